The van der Waals surface area contributed by atoms with Crippen molar-refractivity contribution in [3.05, 3.63) is 47.9 Å². The minimum atomic E-state index is -0.392. The maximum atomic E-state index is 12.4. The second-order valence-electron chi connectivity index (χ2n) is 5.61. The molecule has 26 heavy (non-hydrogen) atoms. The van der Waals surface area contributed by atoms with Crippen molar-refractivity contribution in [1.29, 1.82) is 0 Å². The van der Waals surface area contributed by atoms with Gasteiger partial charge in [0.05, 0.1) is 25.4 Å². The third-order valence-electron chi connectivity index (χ3n) is 3.87. The second-order valence-corrected chi connectivity index (χ2v) is 5.61. The van der Waals surface area contributed by atoms with Crippen LogP contribution in [0.3, 0.4) is 0 Å². The molecule has 1 amide bonds. The lowest BCUT2D eigenvalue weighted by Gasteiger charge is -2.27. The number of rotatable bonds is 5. The normalized spacial score (nSPS) is 14.0. The Bertz CT molecular complexity index is 773. The number of amides is 1. The maximum Gasteiger partial charge on any atom is 0.338 e. The molecule has 1 aliphatic heterocycles. The number of carbonyl (C=O) groups is 2. The predicted octanol–water partition coefficient (Wildman–Crippen LogP) is 1.74. The van der Waals surface area contributed by atoms with Crippen LogP contribution in [0.15, 0.2) is 36.7 Å². The van der Waals surface area contributed by atoms with Crippen LogP contribution in [0.2, 0.25) is 0 Å². The van der Waals surface area contributed by atoms with Crippen molar-refractivity contribution in [2.75, 3.05) is 43.1 Å². The number of benzene rings is 1. The number of aromatic nitrogens is 2. The highest BCUT2D eigenvalue weighted by Gasteiger charge is 2.16. The predicted molar refractivity (Wildman–Crippen MR) is 95.4 cm³/mol. The van der Waals surface area contributed by atoms with Crippen LogP contribution >= 0.6 is 0 Å². The Labute approximate surface area is 151 Å². The summed E-state index contributed by atoms with van der Waals surface area (Å²) in [7, 11) is 0. The molecule has 0 radical (unpaired) electrons. The Kier molecular flexibility index (Phi) is 5.75. The number of hydrogen-bond donors (Lipinski definition) is 1. The van der Waals surface area contributed by atoms with E-state index in [0.717, 1.165) is 13.1 Å². The van der Waals surface area contributed by atoms with Gasteiger partial charge in [-0.15, -0.1) is 0 Å². The minimum absolute atomic E-state index is 0.274. The van der Waals surface area contributed by atoms with Crippen molar-refractivity contribution in [3.63, 3.8) is 0 Å². The van der Waals surface area contributed by atoms with E-state index in [1.807, 2.05) is 0 Å². The van der Waals surface area contributed by atoms with Crippen molar-refractivity contribution < 1.29 is 19.1 Å². The molecule has 136 valence electrons. The monoisotopic (exact) mass is 356 g/mol. The van der Waals surface area contributed by atoms with Crippen LogP contribution in [0.1, 0.15) is 27.8 Å². The fraction of sp³-hybridized carbons (Fsp3) is 0.333. The first-order valence-corrected chi connectivity index (χ1v) is 8.40. The smallest absolute Gasteiger partial charge is 0.338 e. The van der Waals surface area contributed by atoms with E-state index in [4.69, 9.17) is 9.47 Å². The van der Waals surface area contributed by atoms with E-state index in [1.54, 1.807) is 37.3 Å². The summed E-state index contributed by atoms with van der Waals surface area (Å²) in [5.41, 5.74) is 1.27. The molecule has 8 nitrogen and oxygen atoms in total. The van der Waals surface area contributed by atoms with Crippen LogP contribution in [-0.4, -0.2) is 54.8 Å². The van der Waals surface area contributed by atoms with Crippen molar-refractivity contribution >= 4 is 23.4 Å². The first-order chi connectivity index (χ1) is 12.7. The molecule has 0 spiro atoms. The number of anilines is 2. The minimum Gasteiger partial charge on any atom is -0.462 e. The summed E-state index contributed by atoms with van der Waals surface area (Å²) >= 11 is 0. The Hall–Kier alpha value is -3.00. The van der Waals surface area contributed by atoms with E-state index in [2.05, 4.69) is 20.2 Å². The zero-order valence-electron chi connectivity index (χ0n) is 14.5. The lowest BCUT2D eigenvalue weighted by molar-refractivity contribution is 0.0526. The summed E-state index contributed by atoms with van der Waals surface area (Å²) in [5, 5.41) is 2.76. The van der Waals surface area contributed by atoms with E-state index in [-0.39, 0.29) is 11.6 Å². The summed E-state index contributed by atoms with van der Waals surface area (Å²) in [6, 6.07) is 8.16. The molecular weight excluding hydrogens is 336 g/mol. The average molecular weight is 356 g/mol. The molecular formula is C18H20N4O4. The molecule has 8 heteroatoms. The fourth-order valence-electron chi connectivity index (χ4n) is 2.54. The summed E-state index contributed by atoms with van der Waals surface area (Å²) in [6.07, 6.45) is 1.38. The maximum absolute atomic E-state index is 12.4. The molecule has 1 aromatic heterocycles. The molecule has 1 aliphatic rings. The van der Waals surface area contributed by atoms with Gasteiger partial charge in [-0.2, -0.15) is 0 Å². The van der Waals surface area contributed by atoms with Gasteiger partial charge in [-0.3, -0.25) is 4.79 Å². The number of esters is 1. The van der Waals surface area contributed by atoms with E-state index < -0.39 is 5.97 Å². The fourth-order valence-corrected chi connectivity index (χ4v) is 2.54. The molecule has 0 unspecified atom stereocenters. The van der Waals surface area contributed by atoms with Crippen LogP contribution in [0.5, 0.6) is 0 Å². The van der Waals surface area contributed by atoms with Gasteiger partial charge in [-0.05, 0) is 31.2 Å². The van der Waals surface area contributed by atoms with Crippen LogP contribution in [0.4, 0.5) is 11.5 Å². The van der Waals surface area contributed by atoms with Gasteiger partial charge in [0.15, 0.2) is 0 Å². The highest BCUT2D eigenvalue weighted by molar-refractivity contribution is 6.03. The van der Waals surface area contributed by atoms with Crippen molar-refractivity contribution in [2.45, 2.75) is 6.92 Å². The zero-order chi connectivity index (χ0) is 18.4. The lowest BCUT2D eigenvalue weighted by Crippen LogP contribution is -2.37. The van der Waals surface area contributed by atoms with Gasteiger partial charge in [0, 0.05) is 24.8 Å². The summed E-state index contributed by atoms with van der Waals surface area (Å²) in [4.78, 5) is 34.4. The van der Waals surface area contributed by atoms with Gasteiger partial charge in [0.1, 0.15) is 17.8 Å². The molecule has 1 aromatic carbocycles. The topological polar surface area (TPSA) is 93.7 Å². The highest BCUT2D eigenvalue weighted by atomic mass is 16.5. The first-order valence-electron chi connectivity index (χ1n) is 8.40. The second kappa shape index (κ2) is 8.39. The lowest BCUT2D eigenvalue weighted by atomic mass is 10.2. The van der Waals surface area contributed by atoms with E-state index >= 15 is 0 Å². The molecule has 3 rings (SSSR count). The molecule has 2 aromatic rings. The van der Waals surface area contributed by atoms with Gasteiger partial charge in [-0.25, -0.2) is 14.8 Å². The third kappa shape index (κ3) is 4.34. The highest BCUT2D eigenvalue weighted by Crippen LogP contribution is 2.15. The van der Waals surface area contributed by atoms with Gasteiger partial charge >= 0.3 is 5.97 Å². The van der Waals surface area contributed by atoms with Gasteiger partial charge < -0.3 is 19.7 Å². The first kappa shape index (κ1) is 17.8. The molecule has 0 aliphatic carbocycles. The van der Waals surface area contributed by atoms with Crippen LogP contribution in [-0.2, 0) is 9.47 Å². The number of morpholine rings is 1. The Morgan fingerprint density at radius 3 is 2.62 bits per heavy atom. The Balaban J connectivity index is 1.67. The number of carbonyl (C=O) groups excluding carboxylic acids is 2. The number of ether oxygens (including phenoxy) is 2. The number of hydrogen-bond acceptors (Lipinski definition) is 7. The summed E-state index contributed by atoms with van der Waals surface area (Å²) in [6.45, 7) is 4.80. The summed E-state index contributed by atoms with van der Waals surface area (Å²) < 4.78 is 10.3. The number of nitrogens with zero attached hydrogens (tertiary/aromatic N) is 3. The van der Waals surface area contributed by atoms with E-state index in [1.165, 1.54) is 6.33 Å². The van der Waals surface area contributed by atoms with Crippen LogP contribution in [0.25, 0.3) is 0 Å². The average Bonchev–Trinajstić information content (AvgIpc) is 2.69. The molecule has 1 saturated heterocycles. The third-order valence-corrected chi connectivity index (χ3v) is 3.87. The molecule has 2 heterocycles. The van der Waals surface area contributed by atoms with Gasteiger partial charge in [0.2, 0.25) is 0 Å². The van der Waals surface area contributed by atoms with Crippen LogP contribution < -0.4 is 10.2 Å². The van der Waals surface area contributed by atoms with Crippen molar-refractivity contribution in [3.8, 4) is 0 Å². The quantitative estimate of drug-likeness (QED) is 0.816. The SMILES string of the molecule is CCOC(=O)c1ccc(NC(=O)c2cc(N3CCOCC3)ncn2)cc1. The molecule has 0 saturated carbocycles. The van der Waals surface area contributed by atoms with E-state index in [0.29, 0.717) is 36.9 Å². The van der Waals surface area contributed by atoms with Crippen molar-refractivity contribution in [2.24, 2.45) is 0 Å². The molecule has 1 fully saturated rings. The zero-order valence-corrected chi connectivity index (χ0v) is 14.5. The van der Waals surface area contributed by atoms with E-state index in [9.17, 15) is 9.59 Å². The molecule has 0 bridgehead atoms. The standard InChI is InChI=1S/C18H20N4O4/c1-2-26-18(24)13-3-5-14(6-4-13)21-17(23)15-11-16(20-12-19-15)22-7-9-25-10-8-22/h3-6,11-12H,2,7-10H2,1H3,(H,21,23). The van der Waals surface area contributed by atoms with Crippen molar-refractivity contribution in [1.82, 2.24) is 9.97 Å². The largest absolute Gasteiger partial charge is 0.462 e. The van der Waals surface area contributed by atoms with Gasteiger partial charge in [0.25, 0.3) is 5.91 Å². The Morgan fingerprint density at radius 2 is 1.92 bits per heavy atom. The summed E-state index contributed by atoms with van der Waals surface area (Å²) in [5.74, 6) is -0.0340. The number of nitrogens with one attached hydrogen (secondary N) is 1. The molecule has 0 atom stereocenters. The van der Waals surface area contributed by atoms with Crippen LogP contribution in [0, 0.1) is 0 Å². The molecule has 1 N–H and O–H groups in total. The Morgan fingerprint density at radius 1 is 1.19 bits per heavy atom. The van der Waals surface area contributed by atoms with Gasteiger partial charge in [-0.1, -0.05) is 0 Å².